The summed E-state index contributed by atoms with van der Waals surface area (Å²) < 4.78 is 0. The Bertz CT molecular complexity index is 765. The molecule has 7 nitrogen and oxygen atoms in total. The second-order valence-corrected chi connectivity index (χ2v) is 6.58. The van der Waals surface area contributed by atoms with Gasteiger partial charge in [-0.15, -0.1) is 0 Å². The fraction of sp³-hybridized carbons (Fsp3) is 0.444. The van der Waals surface area contributed by atoms with Crippen molar-refractivity contribution in [3.63, 3.8) is 0 Å². The maximum Gasteiger partial charge on any atom is 0.191 e. The largest absolute Gasteiger partial charge is 0.357 e. The van der Waals surface area contributed by atoms with Gasteiger partial charge in [0.15, 0.2) is 5.96 Å². The van der Waals surface area contributed by atoms with Crippen LogP contribution in [0, 0.1) is 6.92 Å². The number of aryl methyl sites for hydroxylation is 1. The van der Waals surface area contributed by atoms with Crippen molar-refractivity contribution in [3.05, 3.63) is 47.1 Å². The summed E-state index contributed by atoms with van der Waals surface area (Å²) in [6.45, 7) is 7.01. The SMILES string of the molecule is CCNC(=NCc1ccnc(C)n1)NC1CCN(c2ncccc2Cl)C1. The lowest BCUT2D eigenvalue weighted by molar-refractivity contribution is 0.648. The first kappa shape index (κ1) is 18.4. The van der Waals surface area contributed by atoms with Crippen molar-refractivity contribution in [2.75, 3.05) is 24.5 Å². The van der Waals surface area contributed by atoms with Crippen LogP contribution in [0.2, 0.25) is 5.02 Å². The number of hydrogen-bond donors (Lipinski definition) is 2. The summed E-state index contributed by atoms with van der Waals surface area (Å²) in [7, 11) is 0. The van der Waals surface area contributed by atoms with E-state index in [-0.39, 0.29) is 6.04 Å². The summed E-state index contributed by atoms with van der Waals surface area (Å²) >= 11 is 6.27. The number of anilines is 1. The number of guanidine groups is 1. The van der Waals surface area contributed by atoms with Crippen LogP contribution in [0.1, 0.15) is 24.9 Å². The Labute approximate surface area is 158 Å². The minimum Gasteiger partial charge on any atom is -0.357 e. The van der Waals surface area contributed by atoms with Gasteiger partial charge in [-0.1, -0.05) is 11.6 Å². The van der Waals surface area contributed by atoms with Crippen molar-refractivity contribution in [3.8, 4) is 0 Å². The zero-order valence-electron chi connectivity index (χ0n) is 15.1. The molecule has 0 amide bonds. The van der Waals surface area contributed by atoms with E-state index in [0.717, 1.165) is 49.4 Å². The molecular weight excluding hydrogens is 350 g/mol. The Morgan fingerprint density at radius 1 is 1.35 bits per heavy atom. The molecule has 0 bridgehead atoms. The van der Waals surface area contributed by atoms with E-state index in [0.29, 0.717) is 11.6 Å². The smallest absolute Gasteiger partial charge is 0.191 e. The maximum atomic E-state index is 6.27. The van der Waals surface area contributed by atoms with Crippen LogP contribution < -0.4 is 15.5 Å². The lowest BCUT2D eigenvalue weighted by Crippen LogP contribution is -2.44. The summed E-state index contributed by atoms with van der Waals surface area (Å²) in [5.74, 6) is 2.40. The molecular formula is C18H24ClN7. The Morgan fingerprint density at radius 2 is 2.23 bits per heavy atom. The predicted octanol–water partition coefficient (Wildman–Crippen LogP) is 2.17. The van der Waals surface area contributed by atoms with Gasteiger partial charge in [0.25, 0.3) is 0 Å². The number of aromatic nitrogens is 3. The quantitative estimate of drug-likeness (QED) is 0.617. The second-order valence-electron chi connectivity index (χ2n) is 6.18. The molecule has 26 heavy (non-hydrogen) atoms. The average molecular weight is 374 g/mol. The Balaban J connectivity index is 1.61. The molecule has 1 aliphatic heterocycles. The van der Waals surface area contributed by atoms with Crippen molar-refractivity contribution in [1.82, 2.24) is 25.6 Å². The molecule has 3 heterocycles. The first-order valence-electron chi connectivity index (χ1n) is 8.84. The Kier molecular flexibility index (Phi) is 6.22. The van der Waals surface area contributed by atoms with E-state index in [1.165, 1.54) is 0 Å². The Morgan fingerprint density at radius 3 is 3.00 bits per heavy atom. The fourth-order valence-corrected chi connectivity index (χ4v) is 3.19. The van der Waals surface area contributed by atoms with Crippen molar-refractivity contribution in [2.24, 2.45) is 4.99 Å². The van der Waals surface area contributed by atoms with Gasteiger partial charge in [0.2, 0.25) is 0 Å². The van der Waals surface area contributed by atoms with Crippen LogP contribution in [0.3, 0.4) is 0 Å². The van der Waals surface area contributed by atoms with Crippen LogP contribution in [0.25, 0.3) is 0 Å². The van der Waals surface area contributed by atoms with Gasteiger partial charge in [0.1, 0.15) is 11.6 Å². The van der Waals surface area contributed by atoms with Gasteiger partial charge in [-0.25, -0.2) is 19.9 Å². The lowest BCUT2D eigenvalue weighted by Gasteiger charge is -2.20. The van der Waals surface area contributed by atoms with Crippen LogP contribution >= 0.6 is 11.6 Å². The Hall–Kier alpha value is -2.41. The third-order valence-corrected chi connectivity index (χ3v) is 4.44. The highest BCUT2D eigenvalue weighted by molar-refractivity contribution is 6.32. The summed E-state index contributed by atoms with van der Waals surface area (Å²) in [6, 6.07) is 5.90. The molecule has 1 atom stereocenters. The van der Waals surface area contributed by atoms with Crippen molar-refractivity contribution in [2.45, 2.75) is 32.9 Å². The van der Waals surface area contributed by atoms with Crippen LogP contribution in [0.4, 0.5) is 5.82 Å². The minimum absolute atomic E-state index is 0.290. The summed E-state index contributed by atoms with van der Waals surface area (Å²) in [5, 5.41) is 7.49. The highest BCUT2D eigenvalue weighted by Gasteiger charge is 2.25. The molecule has 1 unspecified atom stereocenters. The molecule has 1 fully saturated rings. The van der Waals surface area contributed by atoms with Crippen molar-refractivity contribution >= 4 is 23.4 Å². The molecule has 1 aliphatic rings. The van der Waals surface area contributed by atoms with E-state index >= 15 is 0 Å². The van der Waals surface area contributed by atoms with E-state index in [2.05, 4.69) is 42.4 Å². The maximum absolute atomic E-state index is 6.27. The number of nitrogens with zero attached hydrogens (tertiary/aromatic N) is 5. The number of pyridine rings is 1. The van der Waals surface area contributed by atoms with Crippen LogP contribution in [0.5, 0.6) is 0 Å². The topological polar surface area (TPSA) is 78.3 Å². The molecule has 2 aromatic heterocycles. The first-order chi connectivity index (χ1) is 12.7. The zero-order chi connectivity index (χ0) is 18.4. The van der Waals surface area contributed by atoms with Gasteiger partial charge in [-0.05, 0) is 38.5 Å². The lowest BCUT2D eigenvalue weighted by atomic mass is 10.3. The zero-order valence-corrected chi connectivity index (χ0v) is 15.9. The number of aliphatic imine (C=N–C) groups is 1. The summed E-state index contributed by atoms with van der Waals surface area (Å²) in [5.41, 5.74) is 0.906. The van der Waals surface area contributed by atoms with E-state index in [1.807, 2.05) is 25.1 Å². The third-order valence-electron chi connectivity index (χ3n) is 4.14. The van der Waals surface area contributed by atoms with E-state index in [4.69, 9.17) is 11.6 Å². The summed E-state index contributed by atoms with van der Waals surface area (Å²) in [4.78, 5) is 19.8. The van der Waals surface area contributed by atoms with Crippen LogP contribution in [-0.4, -0.2) is 46.6 Å². The third kappa shape index (κ3) is 4.82. The molecule has 0 aliphatic carbocycles. The predicted molar refractivity (Wildman–Crippen MR) is 105 cm³/mol. The average Bonchev–Trinajstić information content (AvgIpc) is 3.09. The van der Waals surface area contributed by atoms with Gasteiger partial charge in [0, 0.05) is 38.1 Å². The van der Waals surface area contributed by atoms with Gasteiger partial charge in [-0.3, -0.25) is 0 Å². The van der Waals surface area contributed by atoms with Crippen LogP contribution in [-0.2, 0) is 6.54 Å². The molecule has 0 radical (unpaired) electrons. The standard InChI is InChI=1S/C18H24ClN7/c1-3-20-18(23-11-14-6-9-21-13(2)24-14)25-15-7-10-26(12-15)17-16(19)5-4-8-22-17/h4-6,8-9,15H,3,7,10-12H2,1-2H3,(H2,20,23,25). The number of rotatable bonds is 5. The van der Waals surface area contributed by atoms with Crippen molar-refractivity contribution < 1.29 is 0 Å². The molecule has 1 saturated heterocycles. The fourth-order valence-electron chi connectivity index (χ4n) is 2.95. The van der Waals surface area contributed by atoms with Gasteiger partial charge < -0.3 is 15.5 Å². The molecule has 2 aromatic rings. The molecule has 8 heteroatoms. The normalized spacial score (nSPS) is 17.4. The molecule has 3 rings (SSSR count). The number of nitrogens with one attached hydrogen (secondary N) is 2. The molecule has 138 valence electrons. The molecule has 2 N–H and O–H groups in total. The van der Waals surface area contributed by atoms with Crippen molar-refractivity contribution in [1.29, 1.82) is 0 Å². The van der Waals surface area contributed by atoms with Gasteiger partial charge in [0.05, 0.1) is 17.3 Å². The number of hydrogen-bond acceptors (Lipinski definition) is 5. The van der Waals surface area contributed by atoms with Gasteiger partial charge >= 0.3 is 0 Å². The van der Waals surface area contributed by atoms with Gasteiger partial charge in [-0.2, -0.15) is 0 Å². The monoisotopic (exact) mass is 373 g/mol. The highest BCUT2D eigenvalue weighted by atomic mass is 35.5. The van der Waals surface area contributed by atoms with E-state index in [9.17, 15) is 0 Å². The molecule has 0 spiro atoms. The minimum atomic E-state index is 0.290. The second kappa shape index (κ2) is 8.80. The number of halogens is 1. The molecule has 0 aromatic carbocycles. The van der Waals surface area contributed by atoms with E-state index in [1.54, 1.807) is 12.4 Å². The molecule has 0 saturated carbocycles. The summed E-state index contributed by atoms with van der Waals surface area (Å²) in [6.07, 6.45) is 4.54. The highest BCUT2D eigenvalue weighted by Crippen LogP contribution is 2.25. The van der Waals surface area contributed by atoms with Crippen LogP contribution in [0.15, 0.2) is 35.6 Å². The first-order valence-corrected chi connectivity index (χ1v) is 9.22. The van der Waals surface area contributed by atoms with E-state index < -0.39 is 0 Å².